The van der Waals surface area contributed by atoms with E-state index in [1.807, 2.05) is 23.9 Å². The van der Waals surface area contributed by atoms with Gasteiger partial charge in [-0.15, -0.1) is 0 Å². The molecule has 1 rings (SSSR count). The molecule has 0 bridgehead atoms. The average molecular weight is 239 g/mol. The average Bonchev–Trinajstić information content (AvgIpc) is 2.34. The van der Waals surface area contributed by atoms with Crippen molar-refractivity contribution in [2.75, 3.05) is 25.2 Å². The Bertz CT molecular complexity index is 304. The molecule has 0 radical (unpaired) electrons. The van der Waals surface area contributed by atoms with Crippen LogP contribution in [0.2, 0.25) is 0 Å². The van der Waals surface area contributed by atoms with Crippen LogP contribution in [0.4, 0.5) is 0 Å². The number of methoxy groups -OCH3 is 1. The van der Waals surface area contributed by atoms with Crippen molar-refractivity contribution in [3.05, 3.63) is 29.8 Å². The summed E-state index contributed by atoms with van der Waals surface area (Å²) in [5.74, 6) is 3.29. The third-order valence-corrected chi connectivity index (χ3v) is 3.40. The van der Waals surface area contributed by atoms with Crippen LogP contribution >= 0.6 is 11.8 Å². The zero-order chi connectivity index (χ0) is 11.8. The highest BCUT2D eigenvalue weighted by molar-refractivity contribution is 7.99. The van der Waals surface area contributed by atoms with Crippen molar-refractivity contribution in [1.82, 2.24) is 5.32 Å². The summed E-state index contributed by atoms with van der Waals surface area (Å²) in [7, 11) is 1.70. The van der Waals surface area contributed by atoms with Crippen LogP contribution in [0.25, 0.3) is 0 Å². The second-order valence-electron chi connectivity index (χ2n) is 3.65. The fourth-order valence-electron chi connectivity index (χ4n) is 1.52. The minimum Gasteiger partial charge on any atom is -0.497 e. The molecule has 0 saturated heterocycles. The summed E-state index contributed by atoms with van der Waals surface area (Å²) in [5, 5.41) is 3.51. The van der Waals surface area contributed by atoms with E-state index in [4.69, 9.17) is 4.74 Å². The van der Waals surface area contributed by atoms with Crippen LogP contribution in [-0.2, 0) is 0 Å². The monoisotopic (exact) mass is 239 g/mol. The molecule has 16 heavy (non-hydrogen) atoms. The third-order valence-electron chi connectivity index (χ3n) is 2.49. The first-order valence-corrected chi connectivity index (χ1v) is 6.88. The molecule has 0 aliphatic heterocycles. The van der Waals surface area contributed by atoms with Crippen molar-refractivity contribution < 1.29 is 4.74 Å². The smallest absolute Gasteiger partial charge is 0.119 e. The quantitative estimate of drug-likeness (QED) is 0.739. The number of hydrogen-bond donors (Lipinski definition) is 1. The summed E-state index contributed by atoms with van der Waals surface area (Å²) in [6.45, 7) is 5.43. The Kier molecular flexibility index (Phi) is 6.34. The lowest BCUT2D eigenvalue weighted by Gasteiger charge is -2.14. The molecule has 90 valence electrons. The lowest BCUT2D eigenvalue weighted by atomic mass is 10.1. The van der Waals surface area contributed by atoms with Crippen molar-refractivity contribution in [2.24, 2.45) is 0 Å². The Morgan fingerprint density at radius 1 is 1.44 bits per heavy atom. The molecule has 0 aromatic heterocycles. The predicted octanol–water partition coefficient (Wildman–Crippen LogP) is 3.10. The molecular weight excluding hydrogens is 218 g/mol. The Hall–Kier alpha value is -0.670. The first-order valence-electron chi connectivity index (χ1n) is 5.73. The molecule has 0 unspecified atom stereocenters. The van der Waals surface area contributed by atoms with Crippen molar-refractivity contribution in [3.8, 4) is 5.75 Å². The van der Waals surface area contributed by atoms with Crippen LogP contribution in [0, 0.1) is 0 Å². The zero-order valence-electron chi connectivity index (χ0n) is 10.3. The third kappa shape index (κ3) is 4.45. The van der Waals surface area contributed by atoms with Crippen LogP contribution in [0.3, 0.4) is 0 Å². The first kappa shape index (κ1) is 13.4. The SMILES string of the molecule is CCSCCN[C@H](C)c1cccc(OC)c1. The van der Waals surface area contributed by atoms with E-state index in [9.17, 15) is 0 Å². The van der Waals surface area contributed by atoms with Crippen molar-refractivity contribution in [2.45, 2.75) is 19.9 Å². The van der Waals surface area contributed by atoms with E-state index in [1.54, 1.807) is 7.11 Å². The van der Waals surface area contributed by atoms with Crippen LogP contribution in [0.5, 0.6) is 5.75 Å². The molecular formula is C13H21NOS. The number of hydrogen-bond acceptors (Lipinski definition) is 3. The van der Waals surface area contributed by atoms with Crippen molar-refractivity contribution in [1.29, 1.82) is 0 Å². The predicted molar refractivity (Wildman–Crippen MR) is 72.4 cm³/mol. The van der Waals surface area contributed by atoms with Gasteiger partial charge in [0.05, 0.1) is 7.11 Å². The van der Waals surface area contributed by atoms with Gasteiger partial charge in [0.1, 0.15) is 5.75 Å². The van der Waals surface area contributed by atoms with Gasteiger partial charge < -0.3 is 10.1 Å². The largest absolute Gasteiger partial charge is 0.497 e. The molecule has 1 aromatic rings. The molecule has 0 fully saturated rings. The molecule has 1 aromatic carbocycles. The van der Waals surface area contributed by atoms with Gasteiger partial charge in [-0.3, -0.25) is 0 Å². The van der Waals surface area contributed by atoms with Gasteiger partial charge in [0.15, 0.2) is 0 Å². The van der Waals surface area contributed by atoms with Crippen molar-refractivity contribution >= 4 is 11.8 Å². The fourth-order valence-corrected chi connectivity index (χ4v) is 2.07. The maximum Gasteiger partial charge on any atom is 0.119 e. The summed E-state index contributed by atoms with van der Waals surface area (Å²) in [5.41, 5.74) is 1.28. The normalized spacial score (nSPS) is 12.4. The van der Waals surface area contributed by atoms with E-state index >= 15 is 0 Å². The lowest BCUT2D eigenvalue weighted by Crippen LogP contribution is -2.21. The van der Waals surface area contributed by atoms with Gasteiger partial charge in [-0.1, -0.05) is 19.1 Å². The van der Waals surface area contributed by atoms with Gasteiger partial charge in [0, 0.05) is 18.3 Å². The highest BCUT2D eigenvalue weighted by atomic mass is 32.2. The molecule has 0 heterocycles. The molecule has 1 atom stereocenters. The number of thioether (sulfide) groups is 1. The van der Waals surface area contributed by atoms with E-state index in [-0.39, 0.29) is 0 Å². The van der Waals surface area contributed by atoms with E-state index in [2.05, 4.69) is 31.3 Å². The molecule has 2 nitrogen and oxygen atoms in total. The highest BCUT2D eigenvalue weighted by Crippen LogP contribution is 2.18. The summed E-state index contributed by atoms with van der Waals surface area (Å²) in [6, 6.07) is 8.61. The maximum atomic E-state index is 5.22. The highest BCUT2D eigenvalue weighted by Gasteiger charge is 2.04. The standard InChI is InChI=1S/C13H21NOS/c1-4-16-9-8-14-11(2)12-6-5-7-13(10-12)15-3/h5-7,10-11,14H,4,8-9H2,1-3H3/t11-/m1/s1. The summed E-state index contributed by atoms with van der Waals surface area (Å²) >= 11 is 1.97. The molecule has 3 heteroatoms. The Morgan fingerprint density at radius 3 is 2.94 bits per heavy atom. The van der Waals surface area contributed by atoms with Crippen molar-refractivity contribution in [3.63, 3.8) is 0 Å². The molecule has 0 aliphatic carbocycles. The van der Waals surface area contributed by atoms with Crippen LogP contribution in [-0.4, -0.2) is 25.2 Å². The summed E-state index contributed by atoms with van der Waals surface area (Å²) in [4.78, 5) is 0. The topological polar surface area (TPSA) is 21.3 Å². The number of rotatable bonds is 7. The van der Waals surface area contributed by atoms with E-state index in [0.29, 0.717) is 6.04 Å². The van der Waals surface area contributed by atoms with E-state index in [0.717, 1.165) is 12.3 Å². The number of benzene rings is 1. The van der Waals surface area contributed by atoms with Gasteiger partial charge in [-0.25, -0.2) is 0 Å². The molecule has 0 spiro atoms. The second-order valence-corrected chi connectivity index (χ2v) is 5.04. The minimum absolute atomic E-state index is 0.382. The van der Waals surface area contributed by atoms with E-state index in [1.165, 1.54) is 17.1 Å². The molecule has 0 aliphatic rings. The van der Waals surface area contributed by atoms with Crippen LogP contribution in [0.15, 0.2) is 24.3 Å². The first-order chi connectivity index (χ1) is 7.77. The van der Waals surface area contributed by atoms with Gasteiger partial charge in [-0.05, 0) is 30.4 Å². The maximum absolute atomic E-state index is 5.22. The molecule has 0 amide bonds. The second kappa shape index (κ2) is 7.58. The summed E-state index contributed by atoms with van der Waals surface area (Å²) in [6.07, 6.45) is 0. The van der Waals surface area contributed by atoms with Gasteiger partial charge >= 0.3 is 0 Å². The summed E-state index contributed by atoms with van der Waals surface area (Å²) < 4.78 is 5.22. The van der Waals surface area contributed by atoms with Gasteiger partial charge in [-0.2, -0.15) is 11.8 Å². The Morgan fingerprint density at radius 2 is 2.25 bits per heavy atom. The van der Waals surface area contributed by atoms with Gasteiger partial charge in [0.2, 0.25) is 0 Å². The zero-order valence-corrected chi connectivity index (χ0v) is 11.1. The van der Waals surface area contributed by atoms with Crippen LogP contribution < -0.4 is 10.1 Å². The Labute approximate surface area is 103 Å². The Balaban J connectivity index is 2.42. The molecule has 0 saturated carbocycles. The van der Waals surface area contributed by atoms with Crippen LogP contribution in [0.1, 0.15) is 25.5 Å². The minimum atomic E-state index is 0.382. The lowest BCUT2D eigenvalue weighted by molar-refractivity contribution is 0.413. The number of ether oxygens (including phenoxy) is 1. The van der Waals surface area contributed by atoms with E-state index < -0.39 is 0 Å². The number of nitrogens with one attached hydrogen (secondary N) is 1. The van der Waals surface area contributed by atoms with Gasteiger partial charge in [0.25, 0.3) is 0 Å². The fraction of sp³-hybridized carbons (Fsp3) is 0.538. The molecule has 1 N–H and O–H groups in total.